The van der Waals surface area contributed by atoms with E-state index in [0.717, 1.165) is 0 Å². The molecule has 0 aromatic heterocycles. The van der Waals surface area contributed by atoms with E-state index in [2.05, 4.69) is 15.4 Å². The Morgan fingerprint density at radius 2 is 2.04 bits per heavy atom. The largest absolute Gasteiger partial charge is 0.573 e. The first-order valence-electron chi connectivity index (χ1n) is 7.34. The van der Waals surface area contributed by atoms with Gasteiger partial charge in [-0.15, -0.1) is 25.6 Å². The molecule has 1 aliphatic heterocycles. The Labute approximate surface area is 144 Å². The number of nitrogens with one attached hydrogen (secondary N) is 2. The van der Waals surface area contributed by atoms with Gasteiger partial charge in [-0.25, -0.2) is 0 Å². The average molecular weight is 369 g/mol. The number of amides is 1. The van der Waals surface area contributed by atoms with Crippen molar-refractivity contribution in [3.05, 3.63) is 29.8 Å². The molecule has 1 amide bonds. The van der Waals surface area contributed by atoms with Crippen LogP contribution in [0.5, 0.6) is 5.75 Å². The molecule has 0 saturated carbocycles. The van der Waals surface area contributed by atoms with Crippen LogP contribution < -0.4 is 15.4 Å². The fourth-order valence-electron chi connectivity index (χ4n) is 2.44. The second kappa shape index (κ2) is 9.10. The molecular formula is C15H20ClF3N2O3. The van der Waals surface area contributed by atoms with Crippen LogP contribution in [0.25, 0.3) is 0 Å². The minimum Gasteiger partial charge on any atom is -0.406 e. The fraction of sp³-hybridized carbons (Fsp3) is 0.533. The fourth-order valence-corrected chi connectivity index (χ4v) is 2.44. The second-order valence-corrected chi connectivity index (χ2v) is 5.45. The molecule has 2 atom stereocenters. The lowest BCUT2D eigenvalue weighted by Crippen LogP contribution is -2.34. The second-order valence-electron chi connectivity index (χ2n) is 5.45. The molecule has 2 rings (SSSR count). The summed E-state index contributed by atoms with van der Waals surface area (Å²) in [6.07, 6.45) is -5.06. The van der Waals surface area contributed by atoms with Crippen LogP contribution in [0.4, 0.5) is 13.2 Å². The van der Waals surface area contributed by atoms with Gasteiger partial charge in [0, 0.05) is 32.0 Å². The Bertz CT molecular complexity index is 543. The standard InChI is InChI=1S/C15H19F3N2O3.ClH/c16-15(17,18)23-13-4-2-1-3-10(13)5-6-14(22)20-8-11-7-19-9-12(11)21;/h1-4,11-12,19,21H,5-9H2,(H,20,22);1H. The summed E-state index contributed by atoms with van der Waals surface area (Å²) in [6.45, 7) is 1.47. The zero-order valence-corrected chi connectivity index (χ0v) is 13.6. The van der Waals surface area contributed by atoms with Crippen LogP contribution in [0, 0.1) is 5.92 Å². The number of ether oxygens (including phenoxy) is 1. The number of para-hydroxylation sites is 1. The number of aliphatic hydroxyl groups is 1. The summed E-state index contributed by atoms with van der Waals surface area (Å²) in [5.41, 5.74) is 0.322. The maximum Gasteiger partial charge on any atom is 0.573 e. The lowest BCUT2D eigenvalue weighted by atomic mass is 10.1. The number of aryl methyl sites for hydroxylation is 1. The summed E-state index contributed by atoms with van der Waals surface area (Å²) < 4.78 is 40.9. The molecule has 0 spiro atoms. The van der Waals surface area contributed by atoms with E-state index in [1.54, 1.807) is 6.07 Å². The normalized spacial score (nSPS) is 20.3. The molecule has 136 valence electrons. The summed E-state index contributed by atoms with van der Waals surface area (Å²) in [6, 6.07) is 5.76. The third kappa shape index (κ3) is 6.54. The molecule has 24 heavy (non-hydrogen) atoms. The van der Waals surface area contributed by atoms with Crippen LogP contribution in [0.2, 0.25) is 0 Å². The summed E-state index contributed by atoms with van der Waals surface area (Å²) in [5.74, 6) is -0.603. The Balaban J connectivity index is 0.00000288. The lowest BCUT2D eigenvalue weighted by molar-refractivity contribution is -0.274. The van der Waals surface area contributed by atoms with Gasteiger partial charge >= 0.3 is 6.36 Å². The highest BCUT2D eigenvalue weighted by molar-refractivity contribution is 5.85. The number of hydrogen-bond donors (Lipinski definition) is 3. The van der Waals surface area contributed by atoms with Crippen molar-refractivity contribution in [1.82, 2.24) is 10.6 Å². The molecule has 0 aliphatic carbocycles. The number of aliphatic hydroxyl groups excluding tert-OH is 1. The van der Waals surface area contributed by atoms with E-state index in [1.807, 2.05) is 0 Å². The van der Waals surface area contributed by atoms with Crippen molar-refractivity contribution >= 4 is 18.3 Å². The monoisotopic (exact) mass is 368 g/mol. The number of alkyl halides is 3. The van der Waals surface area contributed by atoms with Crippen molar-refractivity contribution < 1.29 is 27.8 Å². The van der Waals surface area contributed by atoms with E-state index in [0.29, 0.717) is 25.2 Å². The van der Waals surface area contributed by atoms with Crippen molar-refractivity contribution in [2.24, 2.45) is 5.92 Å². The predicted molar refractivity (Wildman–Crippen MR) is 84.1 cm³/mol. The summed E-state index contributed by atoms with van der Waals surface area (Å²) in [7, 11) is 0. The smallest absolute Gasteiger partial charge is 0.406 e. The Morgan fingerprint density at radius 3 is 2.67 bits per heavy atom. The van der Waals surface area contributed by atoms with E-state index in [1.165, 1.54) is 18.2 Å². The Kier molecular flexibility index (Phi) is 7.78. The van der Waals surface area contributed by atoms with Crippen LogP contribution in [0.15, 0.2) is 24.3 Å². The van der Waals surface area contributed by atoms with Gasteiger partial charge in [0.15, 0.2) is 0 Å². The van der Waals surface area contributed by atoms with Crippen LogP contribution in [0.3, 0.4) is 0 Å². The van der Waals surface area contributed by atoms with E-state index < -0.39 is 12.5 Å². The molecule has 1 heterocycles. The van der Waals surface area contributed by atoms with Gasteiger partial charge in [0.05, 0.1) is 6.10 Å². The van der Waals surface area contributed by atoms with Crippen molar-refractivity contribution in [2.45, 2.75) is 25.3 Å². The summed E-state index contributed by atoms with van der Waals surface area (Å²) >= 11 is 0. The number of halogens is 4. The number of benzene rings is 1. The highest BCUT2D eigenvalue weighted by atomic mass is 35.5. The topological polar surface area (TPSA) is 70.6 Å². The van der Waals surface area contributed by atoms with Crippen molar-refractivity contribution in [3.8, 4) is 5.75 Å². The number of rotatable bonds is 6. The number of carbonyl (C=O) groups is 1. The molecule has 2 unspecified atom stereocenters. The van der Waals surface area contributed by atoms with Crippen LogP contribution in [-0.2, 0) is 11.2 Å². The maximum absolute atomic E-state index is 12.3. The quantitative estimate of drug-likeness (QED) is 0.714. The van der Waals surface area contributed by atoms with E-state index in [9.17, 15) is 23.1 Å². The first-order chi connectivity index (χ1) is 10.8. The van der Waals surface area contributed by atoms with Gasteiger partial charge in [-0.3, -0.25) is 4.79 Å². The molecule has 9 heteroatoms. The van der Waals surface area contributed by atoms with Crippen LogP contribution in [0.1, 0.15) is 12.0 Å². The Hall–Kier alpha value is -1.51. The SMILES string of the molecule is Cl.O=C(CCc1ccccc1OC(F)(F)F)NCC1CNCC1O. The molecular weight excluding hydrogens is 349 g/mol. The van der Waals surface area contributed by atoms with Crippen LogP contribution >= 0.6 is 12.4 Å². The molecule has 1 aromatic carbocycles. The third-order valence-corrected chi connectivity index (χ3v) is 3.69. The molecule has 1 aromatic rings. The number of β-amino-alcohol motifs (C(OH)–C–C–N with tert-alkyl or cyclic N) is 1. The molecule has 1 aliphatic rings. The van der Waals surface area contributed by atoms with Gasteiger partial charge in [-0.1, -0.05) is 18.2 Å². The summed E-state index contributed by atoms with van der Waals surface area (Å²) in [5, 5.41) is 15.3. The van der Waals surface area contributed by atoms with E-state index in [4.69, 9.17) is 0 Å². The van der Waals surface area contributed by atoms with Gasteiger partial charge in [-0.05, 0) is 18.1 Å². The average Bonchev–Trinajstić information content (AvgIpc) is 2.88. The van der Waals surface area contributed by atoms with Gasteiger partial charge < -0.3 is 20.5 Å². The summed E-state index contributed by atoms with van der Waals surface area (Å²) in [4.78, 5) is 11.8. The zero-order valence-electron chi connectivity index (χ0n) is 12.8. The third-order valence-electron chi connectivity index (χ3n) is 3.69. The van der Waals surface area contributed by atoms with Crippen molar-refractivity contribution in [3.63, 3.8) is 0 Å². The Morgan fingerprint density at radius 1 is 1.33 bits per heavy atom. The highest BCUT2D eigenvalue weighted by Crippen LogP contribution is 2.26. The first-order valence-corrected chi connectivity index (χ1v) is 7.34. The van der Waals surface area contributed by atoms with Crippen molar-refractivity contribution in [2.75, 3.05) is 19.6 Å². The van der Waals surface area contributed by atoms with Gasteiger partial charge in [0.1, 0.15) is 5.75 Å². The van der Waals surface area contributed by atoms with Crippen LogP contribution in [-0.4, -0.2) is 43.1 Å². The van der Waals surface area contributed by atoms with Crippen molar-refractivity contribution in [1.29, 1.82) is 0 Å². The molecule has 3 N–H and O–H groups in total. The minimum atomic E-state index is -4.76. The van der Waals surface area contributed by atoms with Gasteiger partial charge in [0.2, 0.25) is 5.91 Å². The lowest BCUT2D eigenvalue weighted by Gasteiger charge is -2.15. The van der Waals surface area contributed by atoms with E-state index in [-0.39, 0.29) is 42.8 Å². The molecule has 0 radical (unpaired) electrons. The zero-order chi connectivity index (χ0) is 16.9. The van der Waals surface area contributed by atoms with Gasteiger partial charge in [0.25, 0.3) is 0 Å². The maximum atomic E-state index is 12.3. The predicted octanol–water partition coefficient (Wildman–Crippen LogP) is 1.64. The highest BCUT2D eigenvalue weighted by Gasteiger charge is 2.32. The van der Waals surface area contributed by atoms with E-state index >= 15 is 0 Å². The molecule has 5 nitrogen and oxygen atoms in total. The number of carbonyl (C=O) groups excluding carboxylic acids is 1. The molecule has 0 bridgehead atoms. The molecule has 1 saturated heterocycles. The van der Waals surface area contributed by atoms with Gasteiger partial charge in [-0.2, -0.15) is 0 Å². The molecule has 1 fully saturated rings. The minimum absolute atomic E-state index is 0. The number of hydrogen-bond acceptors (Lipinski definition) is 4. The first kappa shape index (κ1) is 20.5.